The summed E-state index contributed by atoms with van der Waals surface area (Å²) in [4.78, 5) is 0.405. The molecule has 1 aromatic rings. The highest BCUT2D eigenvalue weighted by molar-refractivity contribution is 7.90. The molecule has 1 fully saturated rings. The van der Waals surface area contributed by atoms with Crippen LogP contribution >= 0.6 is 0 Å². The van der Waals surface area contributed by atoms with E-state index in [9.17, 15) is 8.42 Å². The van der Waals surface area contributed by atoms with Crippen molar-refractivity contribution in [2.24, 2.45) is 5.41 Å². The SMILES string of the molecule is CCNC1CC(c2ccc(S(C)(=O)=O)cc2)C1(C)CC. The normalized spacial score (nSPS) is 30.0. The van der Waals surface area contributed by atoms with Gasteiger partial charge in [0.1, 0.15) is 0 Å². The molecule has 0 radical (unpaired) electrons. The molecular weight excluding hydrogens is 270 g/mol. The van der Waals surface area contributed by atoms with E-state index in [0.29, 0.717) is 16.9 Å². The molecule has 0 aliphatic heterocycles. The molecule has 0 bridgehead atoms. The number of sulfone groups is 1. The molecule has 0 aromatic heterocycles. The topological polar surface area (TPSA) is 46.2 Å². The fourth-order valence-electron chi connectivity index (χ4n) is 3.38. The molecule has 0 saturated heterocycles. The third-order valence-electron chi connectivity index (χ3n) is 4.99. The Labute approximate surface area is 122 Å². The van der Waals surface area contributed by atoms with Crippen molar-refractivity contribution in [1.82, 2.24) is 5.32 Å². The van der Waals surface area contributed by atoms with Gasteiger partial charge in [0.2, 0.25) is 0 Å². The van der Waals surface area contributed by atoms with Crippen LogP contribution in [0.4, 0.5) is 0 Å². The van der Waals surface area contributed by atoms with Gasteiger partial charge in [0, 0.05) is 12.3 Å². The van der Waals surface area contributed by atoms with Gasteiger partial charge in [-0.1, -0.05) is 32.9 Å². The van der Waals surface area contributed by atoms with E-state index in [0.717, 1.165) is 19.4 Å². The Morgan fingerprint density at radius 2 is 1.85 bits per heavy atom. The zero-order chi connectivity index (χ0) is 15.0. The Morgan fingerprint density at radius 3 is 2.30 bits per heavy atom. The van der Waals surface area contributed by atoms with Crippen LogP contribution in [0.5, 0.6) is 0 Å². The first-order chi connectivity index (χ1) is 9.32. The molecule has 0 spiro atoms. The van der Waals surface area contributed by atoms with Crippen molar-refractivity contribution in [2.45, 2.75) is 50.5 Å². The standard InChI is InChI=1S/C16H25NO2S/c1-5-16(3)14(11-15(16)17-6-2)12-7-9-13(10-8-12)20(4,18)19/h7-10,14-15,17H,5-6,11H2,1-4H3. The largest absolute Gasteiger partial charge is 0.314 e. The fraction of sp³-hybridized carbons (Fsp3) is 0.625. The maximum atomic E-state index is 11.5. The van der Waals surface area contributed by atoms with E-state index < -0.39 is 9.84 Å². The van der Waals surface area contributed by atoms with Crippen LogP contribution in [0.15, 0.2) is 29.2 Å². The summed E-state index contributed by atoms with van der Waals surface area (Å²) in [7, 11) is -3.10. The van der Waals surface area contributed by atoms with Crippen molar-refractivity contribution < 1.29 is 8.42 Å². The Morgan fingerprint density at radius 1 is 1.25 bits per heavy atom. The van der Waals surface area contributed by atoms with Gasteiger partial charge in [-0.25, -0.2) is 8.42 Å². The average molecular weight is 295 g/mol. The van der Waals surface area contributed by atoms with E-state index in [1.165, 1.54) is 11.8 Å². The van der Waals surface area contributed by atoms with Crippen LogP contribution in [-0.4, -0.2) is 27.3 Å². The van der Waals surface area contributed by atoms with Gasteiger partial charge in [-0.2, -0.15) is 0 Å². The van der Waals surface area contributed by atoms with Gasteiger partial charge in [0.15, 0.2) is 9.84 Å². The number of hydrogen-bond acceptors (Lipinski definition) is 3. The summed E-state index contributed by atoms with van der Waals surface area (Å²) < 4.78 is 23.0. The summed E-state index contributed by atoms with van der Waals surface area (Å²) in [6.07, 6.45) is 3.52. The van der Waals surface area contributed by atoms with Gasteiger partial charge in [-0.3, -0.25) is 0 Å². The molecule has 1 saturated carbocycles. The lowest BCUT2D eigenvalue weighted by Gasteiger charge is -2.55. The molecule has 112 valence electrons. The molecule has 2 rings (SSSR count). The quantitative estimate of drug-likeness (QED) is 0.908. The molecule has 4 heteroatoms. The van der Waals surface area contributed by atoms with Crippen molar-refractivity contribution in [3.05, 3.63) is 29.8 Å². The van der Waals surface area contributed by atoms with Crippen LogP contribution in [0.3, 0.4) is 0 Å². The zero-order valence-electron chi connectivity index (χ0n) is 12.8. The lowest BCUT2D eigenvalue weighted by atomic mass is 9.54. The minimum Gasteiger partial charge on any atom is -0.314 e. The maximum absolute atomic E-state index is 11.5. The van der Waals surface area contributed by atoms with Crippen LogP contribution in [0.2, 0.25) is 0 Å². The smallest absolute Gasteiger partial charge is 0.175 e. The van der Waals surface area contributed by atoms with Crippen molar-refractivity contribution >= 4 is 9.84 Å². The highest BCUT2D eigenvalue weighted by atomic mass is 32.2. The van der Waals surface area contributed by atoms with E-state index in [4.69, 9.17) is 0 Å². The molecule has 20 heavy (non-hydrogen) atoms. The molecule has 3 atom stereocenters. The number of rotatable bonds is 5. The fourth-order valence-corrected chi connectivity index (χ4v) is 4.01. The van der Waals surface area contributed by atoms with E-state index in [1.807, 2.05) is 12.1 Å². The first kappa shape index (κ1) is 15.5. The number of hydrogen-bond donors (Lipinski definition) is 1. The van der Waals surface area contributed by atoms with E-state index in [-0.39, 0.29) is 5.41 Å². The van der Waals surface area contributed by atoms with Crippen molar-refractivity contribution in [1.29, 1.82) is 0 Å². The lowest BCUT2D eigenvalue weighted by Crippen LogP contribution is -2.56. The first-order valence-corrected chi connectivity index (χ1v) is 9.25. The summed E-state index contributed by atoms with van der Waals surface area (Å²) in [6, 6.07) is 8.01. The zero-order valence-corrected chi connectivity index (χ0v) is 13.6. The van der Waals surface area contributed by atoms with Gasteiger partial charge < -0.3 is 5.32 Å². The minimum absolute atomic E-state index is 0.266. The molecule has 1 aromatic carbocycles. The average Bonchev–Trinajstić information content (AvgIpc) is 2.41. The highest BCUT2D eigenvalue weighted by Gasteiger charge is 2.50. The third kappa shape index (κ3) is 2.63. The summed E-state index contributed by atoms with van der Waals surface area (Å²) in [6.45, 7) is 7.71. The molecule has 1 aliphatic carbocycles. The maximum Gasteiger partial charge on any atom is 0.175 e. The van der Waals surface area contributed by atoms with E-state index in [2.05, 4.69) is 26.1 Å². The van der Waals surface area contributed by atoms with Gasteiger partial charge >= 0.3 is 0 Å². The van der Waals surface area contributed by atoms with E-state index >= 15 is 0 Å². The van der Waals surface area contributed by atoms with Crippen molar-refractivity contribution in [3.63, 3.8) is 0 Å². The minimum atomic E-state index is -3.10. The summed E-state index contributed by atoms with van der Waals surface area (Å²) >= 11 is 0. The molecule has 3 unspecified atom stereocenters. The van der Waals surface area contributed by atoms with Crippen molar-refractivity contribution in [2.75, 3.05) is 12.8 Å². The lowest BCUT2D eigenvalue weighted by molar-refractivity contribution is 0.0455. The Kier molecular flexibility index (Phi) is 4.26. The number of benzene rings is 1. The van der Waals surface area contributed by atoms with Crippen LogP contribution in [0, 0.1) is 5.41 Å². The van der Waals surface area contributed by atoms with Gasteiger partial charge in [-0.15, -0.1) is 0 Å². The van der Waals surface area contributed by atoms with Crippen LogP contribution in [-0.2, 0) is 9.84 Å². The predicted molar refractivity (Wildman–Crippen MR) is 82.8 cm³/mol. The third-order valence-corrected chi connectivity index (χ3v) is 6.11. The number of nitrogens with one attached hydrogen (secondary N) is 1. The van der Waals surface area contributed by atoms with Gasteiger partial charge in [0.05, 0.1) is 4.90 Å². The Hall–Kier alpha value is -0.870. The second kappa shape index (κ2) is 5.49. The van der Waals surface area contributed by atoms with Gasteiger partial charge in [0.25, 0.3) is 0 Å². The van der Waals surface area contributed by atoms with E-state index in [1.54, 1.807) is 12.1 Å². The summed E-state index contributed by atoms with van der Waals surface area (Å²) in [5.74, 6) is 0.519. The second-order valence-electron chi connectivity index (χ2n) is 6.10. The first-order valence-electron chi connectivity index (χ1n) is 7.36. The van der Waals surface area contributed by atoms with Crippen LogP contribution in [0.1, 0.15) is 45.1 Å². The van der Waals surface area contributed by atoms with Crippen LogP contribution in [0.25, 0.3) is 0 Å². The molecule has 1 aliphatic rings. The highest BCUT2D eigenvalue weighted by Crippen LogP contribution is 2.54. The molecule has 0 amide bonds. The Balaban J connectivity index is 2.21. The summed E-state index contributed by atoms with van der Waals surface area (Å²) in [5.41, 5.74) is 1.53. The second-order valence-corrected chi connectivity index (χ2v) is 8.11. The monoisotopic (exact) mass is 295 g/mol. The molecule has 0 heterocycles. The Bertz CT molecular complexity index is 565. The molecule has 1 N–H and O–H groups in total. The molecular formula is C16H25NO2S. The van der Waals surface area contributed by atoms with Crippen LogP contribution < -0.4 is 5.32 Å². The molecule has 3 nitrogen and oxygen atoms in total. The van der Waals surface area contributed by atoms with Gasteiger partial charge in [-0.05, 0) is 48.4 Å². The summed E-state index contributed by atoms with van der Waals surface area (Å²) in [5, 5.41) is 3.56. The van der Waals surface area contributed by atoms with Crippen molar-refractivity contribution in [3.8, 4) is 0 Å². The predicted octanol–water partition coefficient (Wildman–Crippen LogP) is 2.97.